The van der Waals surface area contributed by atoms with Crippen molar-refractivity contribution >= 4 is 29.1 Å². The highest BCUT2D eigenvalue weighted by Crippen LogP contribution is 2.29. The summed E-state index contributed by atoms with van der Waals surface area (Å²) >= 11 is 6.33. The highest BCUT2D eigenvalue weighted by molar-refractivity contribution is 6.34. The lowest BCUT2D eigenvalue weighted by Gasteiger charge is -2.17. The number of benzene rings is 1. The molecule has 2 amide bonds. The molecule has 0 bridgehead atoms. The Morgan fingerprint density at radius 1 is 1.19 bits per heavy atom. The summed E-state index contributed by atoms with van der Waals surface area (Å²) < 4.78 is 1.90. The largest absolute Gasteiger partial charge is 0.347 e. The first-order valence-electron chi connectivity index (χ1n) is 9.42. The molecule has 4 rings (SSSR count). The molecule has 0 unspecified atom stereocenters. The summed E-state index contributed by atoms with van der Waals surface area (Å²) in [6.45, 7) is 4.58. The molecule has 27 heavy (non-hydrogen) atoms. The lowest BCUT2D eigenvalue weighted by atomic mass is 10.1. The molecule has 2 aromatic rings. The van der Waals surface area contributed by atoms with Gasteiger partial charge >= 0.3 is 0 Å². The number of anilines is 1. The van der Waals surface area contributed by atoms with Gasteiger partial charge in [0.15, 0.2) is 11.5 Å². The van der Waals surface area contributed by atoms with Crippen LogP contribution in [-0.2, 0) is 13.0 Å². The van der Waals surface area contributed by atoms with Gasteiger partial charge in [-0.3, -0.25) is 9.59 Å². The van der Waals surface area contributed by atoms with Crippen LogP contribution < -0.4 is 10.6 Å². The number of halogens is 1. The summed E-state index contributed by atoms with van der Waals surface area (Å²) in [5, 5.41) is 6.37. The van der Waals surface area contributed by atoms with Gasteiger partial charge in [-0.2, -0.15) is 0 Å². The molecule has 6 nitrogen and oxygen atoms in total. The molecule has 1 saturated carbocycles. The van der Waals surface area contributed by atoms with Crippen LogP contribution in [-0.4, -0.2) is 27.4 Å². The lowest BCUT2D eigenvalue weighted by Crippen LogP contribution is -2.29. The number of aryl methyl sites for hydroxylation is 2. The Morgan fingerprint density at radius 3 is 2.67 bits per heavy atom. The van der Waals surface area contributed by atoms with Gasteiger partial charge in [0.05, 0.1) is 16.4 Å². The summed E-state index contributed by atoms with van der Waals surface area (Å²) in [7, 11) is 0. The molecule has 142 valence electrons. The molecule has 1 aliphatic heterocycles. The lowest BCUT2D eigenvalue weighted by molar-refractivity contribution is 0.0935. The Labute approximate surface area is 163 Å². The van der Waals surface area contributed by atoms with Crippen molar-refractivity contribution < 1.29 is 9.59 Å². The number of nitrogens with zero attached hydrogens (tertiary/aromatic N) is 2. The quantitative estimate of drug-likeness (QED) is 0.842. The summed E-state index contributed by atoms with van der Waals surface area (Å²) in [5.74, 6) is -0.169. The molecule has 0 saturated heterocycles. The Morgan fingerprint density at radius 2 is 1.96 bits per heavy atom. The second-order valence-corrected chi connectivity index (χ2v) is 7.89. The zero-order valence-corrected chi connectivity index (χ0v) is 16.3. The fourth-order valence-corrected chi connectivity index (χ4v) is 3.99. The predicted octanol–water partition coefficient (Wildman–Crippen LogP) is 3.63. The van der Waals surface area contributed by atoms with Crippen molar-refractivity contribution in [2.75, 3.05) is 5.32 Å². The molecule has 2 heterocycles. The molecule has 2 aliphatic rings. The topological polar surface area (TPSA) is 76.0 Å². The SMILES string of the molecule is Cc1cc(C)c(NC(=O)c2nc(C(=O)NC3CC3)n3c2CCCC3)c(Cl)c1. The van der Waals surface area contributed by atoms with Gasteiger partial charge in [-0.15, -0.1) is 0 Å². The second kappa shape index (κ2) is 7.00. The first-order chi connectivity index (χ1) is 12.9. The van der Waals surface area contributed by atoms with Crippen LogP contribution in [0.25, 0.3) is 0 Å². The number of imidazole rings is 1. The van der Waals surface area contributed by atoms with Crippen molar-refractivity contribution in [3.05, 3.63) is 45.5 Å². The van der Waals surface area contributed by atoms with E-state index in [1.54, 1.807) is 0 Å². The maximum atomic E-state index is 13.0. The number of rotatable bonds is 4. The third-order valence-corrected chi connectivity index (χ3v) is 5.42. The number of carbonyl (C=O) groups excluding carboxylic acids is 2. The molecule has 1 aromatic carbocycles. The van der Waals surface area contributed by atoms with Gasteiger partial charge in [0, 0.05) is 12.6 Å². The monoisotopic (exact) mass is 386 g/mol. The average Bonchev–Trinajstić information content (AvgIpc) is 3.34. The van der Waals surface area contributed by atoms with Crippen molar-refractivity contribution in [2.24, 2.45) is 0 Å². The normalized spacial score (nSPS) is 16.0. The van der Waals surface area contributed by atoms with Gasteiger partial charge in [-0.05, 0) is 63.1 Å². The van der Waals surface area contributed by atoms with E-state index in [1.807, 2.05) is 30.5 Å². The van der Waals surface area contributed by atoms with Crippen LogP contribution in [0.1, 0.15) is 63.6 Å². The van der Waals surface area contributed by atoms with Crippen LogP contribution in [0.15, 0.2) is 12.1 Å². The van der Waals surface area contributed by atoms with Gasteiger partial charge in [-0.1, -0.05) is 17.7 Å². The van der Waals surface area contributed by atoms with E-state index in [0.717, 1.165) is 48.9 Å². The van der Waals surface area contributed by atoms with E-state index in [0.29, 0.717) is 28.8 Å². The fraction of sp³-hybridized carbons (Fsp3) is 0.450. The molecule has 7 heteroatoms. The standard InChI is InChI=1S/C20H23ClN4O2/c1-11-9-12(2)16(14(21)10-11)24-19(26)17-15-5-3-4-8-25(15)18(23-17)20(27)22-13-6-7-13/h9-10,13H,3-8H2,1-2H3,(H,22,27)(H,24,26). The molecule has 1 aliphatic carbocycles. The average molecular weight is 387 g/mol. The number of aromatic nitrogens is 2. The molecular weight excluding hydrogens is 364 g/mol. The van der Waals surface area contributed by atoms with E-state index in [1.165, 1.54) is 0 Å². The summed E-state index contributed by atoms with van der Waals surface area (Å²) in [5.41, 5.74) is 3.68. The predicted molar refractivity (Wildman–Crippen MR) is 105 cm³/mol. The third kappa shape index (κ3) is 3.58. The minimum Gasteiger partial charge on any atom is -0.347 e. The van der Waals surface area contributed by atoms with E-state index >= 15 is 0 Å². The Kier molecular flexibility index (Phi) is 4.68. The number of amides is 2. The van der Waals surface area contributed by atoms with Gasteiger partial charge in [0.1, 0.15) is 0 Å². The van der Waals surface area contributed by atoms with E-state index < -0.39 is 0 Å². The Balaban J connectivity index is 1.65. The molecule has 0 atom stereocenters. The van der Waals surface area contributed by atoms with Gasteiger partial charge in [0.25, 0.3) is 11.8 Å². The molecular formula is C20H23ClN4O2. The van der Waals surface area contributed by atoms with Crippen molar-refractivity contribution in [1.29, 1.82) is 0 Å². The Hall–Kier alpha value is -2.34. The fourth-order valence-electron chi connectivity index (χ4n) is 3.62. The molecule has 2 N–H and O–H groups in total. The van der Waals surface area contributed by atoms with E-state index in [2.05, 4.69) is 15.6 Å². The molecule has 1 aromatic heterocycles. The van der Waals surface area contributed by atoms with Crippen LogP contribution in [0.4, 0.5) is 5.69 Å². The zero-order chi connectivity index (χ0) is 19.1. The first kappa shape index (κ1) is 18.0. The molecule has 1 fully saturated rings. The van der Waals surface area contributed by atoms with Crippen LogP contribution >= 0.6 is 11.6 Å². The van der Waals surface area contributed by atoms with Gasteiger partial charge in [0.2, 0.25) is 0 Å². The summed E-state index contributed by atoms with van der Waals surface area (Å²) in [6.07, 6.45) is 4.74. The number of fused-ring (bicyclic) bond motifs is 1. The smallest absolute Gasteiger partial charge is 0.287 e. The van der Waals surface area contributed by atoms with Gasteiger partial charge < -0.3 is 15.2 Å². The van der Waals surface area contributed by atoms with Crippen molar-refractivity contribution in [3.8, 4) is 0 Å². The van der Waals surface area contributed by atoms with Crippen molar-refractivity contribution in [1.82, 2.24) is 14.9 Å². The minimum absolute atomic E-state index is 0.191. The van der Waals surface area contributed by atoms with E-state index in [-0.39, 0.29) is 17.9 Å². The van der Waals surface area contributed by atoms with Crippen molar-refractivity contribution in [2.45, 2.75) is 58.5 Å². The summed E-state index contributed by atoms with van der Waals surface area (Å²) in [6, 6.07) is 4.04. The van der Waals surface area contributed by atoms with Crippen LogP contribution in [0.5, 0.6) is 0 Å². The molecule has 0 spiro atoms. The maximum Gasteiger partial charge on any atom is 0.287 e. The zero-order valence-electron chi connectivity index (χ0n) is 15.6. The Bertz CT molecular complexity index is 907. The molecule has 0 radical (unpaired) electrons. The third-order valence-electron chi connectivity index (χ3n) is 5.12. The number of carbonyl (C=O) groups is 2. The van der Waals surface area contributed by atoms with Crippen LogP contribution in [0, 0.1) is 13.8 Å². The minimum atomic E-state index is -0.319. The highest BCUT2D eigenvalue weighted by Gasteiger charge is 2.31. The number of hydrogen-bond acceptors (Lipinski definition) is 3. The maximum absolute atomic E-state index is 13.0. The highest BCUT2D eigenvalue weighted by atomic mass is 35.5. The van der Waals surface area contributed by atoms with E-state index in [4.69, 9.17) is 11.6 Å². The van der Waals surface area contributed by atoms with E-state index in [9.17, 15) is 9.59 Å². The van der Waals surface area contributed by atoms with Gasteiger partial charge in [-0.25, -0.2) is 4.98 Å². The first-order valence-corrected chi connectivity index (χ1v) is 9.80. The van der Waals surface area contributed by atoms with Crippen LogP contribution in [0.2, 0.25) is 5.02 Å². The summed E-state index contributed by atoms with van der Waals surface area (Å²) in [4.78, 5) is 30.0. The van der Waals surface area contributed by atoms with Crippen molar-refractivity contribution in [3.63, 3.8) is 0 Å². The van der Waals surface area contributed by atoms with Crippen LogP contribution in [0.3, 0.4) is 0 Å². The number of nitrogens with one attached hydrogen (secondary N) is 2. The second-order valence-electron chi connectivity index (χ2n) is 7.48. The number of hydrogen-bond donors (Lipinski definition) is 2.